The summed E-state index contributed by atoms with van der Waals surface area (Å²) >= 11 is 0. The van der Waals surface area contributed by atoms with Gasteiger partial charge in [0.1, 0.15) is 0 Å². The van der Waals surface area contributed by atoms with Crippen molar-refractivity contribution in [2.45, 2.75) is 40.0 Å². The molecule has 0 aliphatic carbocycles. The van der Waals surface area contributed by atoms with E-state index in [1.807, 2.05) is 13.8 Å². The van der Waals surface area contributed by atoms with Gasteiger partial charge >= 0.3 is 7.82 Å². The van der Waals surface area contributed by atoms with Gasteiger partial charge in [0.05, 0.1) is 19.8 Å². The summed E-state index contributed by atoms with van der Waals surface area (Å²) in [6.07, 6.45) is 2.67. The van der Waals surface area contributed by atoms with Crippen LogP contribution in [0.4, 0.5) is 0 Å². The minimum absolute atomic E-state index is 0.340. The zero-order valence-corrected chi connectivity index (χ0v) is 10.2. The summed E-state index contributed by atoms with van der Waals surface area (Å²) in [6, 6.07) is 0. The molecule has 1 atom stereocenters. The van der Waals surface area contributed by atoms with E-state index in [-0.39, 0.29) is 0 Å². The lowest BCUT2D eigenvalue weighted by atomic mass is 10.4. The second-order valence-corrected chi connectivity index (χ2v) is 4.55. The molecule has 0 aliphatic rings. The van der Waals surface area contributed by atoms with Gasteiger partial charge in [0.25, 0.3) is 0 Å². The van der Waals surface area contributed by atoms with Crippen molar-refractivity contribution in [3.63, 3.8) is 0 Å². The van der Waals surface area contributed by atoms with E-state index in [4.69, 9.17) is 13.6 Å². The second-order valence-electron chi connectivity index (χ2n) is 2.88. The number of hydrogen-bond acceptors (Lipinski definition) is 4. The molecular weight excluding hydrogens is 203 g/mol. The third-order valence-corrected chi connectivity index (χ3v) is 3.06. The predicted octanol–water partition coefficient (Wildman–Crippen LogP) is 3.37. The maximum absolute atomic E-state index is 11.8. The Hall–Kier alpha value is 0.110. The lowest BCUT2D eigenvalue weighted by Crippen LogP contribution is -2.02. The van der Waals surface area contributed by atoms with Gasteiger partial charge in [-0.3, -0.25) is 13.6 Å². The first-order valence-electron chi connectivity index (χ1n) is 5.22. The number of unbranched alkanes of at least 4 members (excludes halogenated alkanes) is 1. The molecule has 0 heterocycles. The summed E-state index contributed by atoms with van der Waals surface area (Å²) in [6.45, 7) is 6.93. The minimum Gasteiger partial charge on any atom is -0.287 e. The highest BCUT2D eigenvalue weighted by atomic mass is 31.2. The first-order valence-corrected chi connectivity index (χ1v) is 6.68. The SMILES string of the molecule is CCCCOP(=O)(OCC)OCCC. The average molecular weight is 224 g/mol. The van der Waals surface area contributed by atoms with Crippen molar-refractivity contribution >= 4 is 7.82 Å². The fourth-order valence-corrected chi connectivity index (χ4v) is 2.09. The Morgan fingerprint density at radius 2 is 1.57 bits per heavy atom. The van der Waals surface area contributed by atoms with Crippen molar-refractivity contribution in [1.82, 2.24) is 0 Å². The molecule has 0 aromatic carbocycles. The van der Waals surface area contributed by atoms with Crippen molar-refractivity contribution in [2.75, 3.05) is 19.8 Å². The van der Waals surface area contributed by atoms with Crippen LogP contribution in [0.15, 0.2) is 0 Å². The molecule has 0 saturated heterocycles. The van der Waals surface area contributed by atoms with E-state index in [0.29, 0.717) is 19.8 Å². The molecule has 0 bridgehead atoms. The highest BCUT2D eigenvalue weighted by molar-refractivity contribution is 7.48. The number of hydrogen-bond donors (Lipinski definition) is 0. The Kier molecular flexibility index (Phi) is 8.49. The van der Waals surface area contributed by atoms with Crippen LogP contribution in [-0.4, -0.2) is 19.8 Å². The van der Waals surface area contributed by atoms with Gasteiger partial charge in [-0.1, -0.05) is 20.3 Å². The maximum atomic E-state index is 11.8. The Morgan fingerprint density at radius 3 is 2.07 bits per heavy atom. The topological polar surface area (TPSA) is 44.8 Å². The van der Waals surface area contributed by atoms with Crippen molar-refractivity contribution in [2.24, 2.45) is 0 Å². The first kappa shape index (κ1) is 14.1. The first-order chi connectivity index (χ1) is 6.68. The largest absolute Gasteiger partial charge is 0.474 e. The van der Waals surface area contributed by atoms with Crippen molar-refractivity contribution in [3.05, 3.63) is 0 Å². The van der Waals surface area contributed by atoms with Crippen LogP contribution >= 0.6 is 7.82 Å². The highest BCUT2D eigenvalue weighted by Gasteiger charge is 2.24. The summed E-state index contributed by atoms with van der Waals surface area (Å²) < 4.78 is 27.0. The van der Waals surface area contributed by atoms with Crippen molar-refractivity contribution in [3.8, 4) is 0 Å². The molecule has 86 valence electrons. The second kappa shape index (κ2) is 8.42. The zero-order chi connectivity index (χ0) is 10.9. The van der Waals surface area contributed by atoms with Gasteiger partial charge in [0, 0.05) is 0 Å². The van der Waals surface area contributed by atoms with Gasteiger partial charge < -0.3 is 0 Å². The van der Waals surface area contributed by atoms with E-state index in [0.717, 1.165) is 19.3 Å². The normalized spacial score (nSPS) is 15.4. The van der Waals surface area contributed by atoms with Gasteiger partial charge in [-0.2, -0.15) is 0 Å². The quantitative estimate of drug-likeness (QED) is 0.445. The maximum Gasteiger partial charge on any atom is 0.474 e. The molecule has 0 aromatic heterocycles. The average Bonchev–Trinajstić information content (AvgIpc) is 2.16. The van der Waals surface area contributed by atoms with E-state index in [2.05, 4.69) is 0 Å². The molecule has 0 aliphatic heterocycles. The molecule has 0 amide bonds. The van der Waals surface area contributed by atoms with Gasteiger partial charge in [-0.15, -0.1) is 0 Å². The van der Waals surface area contributed by atoms with Crippen molar-refractivity contribution in [1.29, 1.82) is 0 Å². The molecule has 0 fully saturated rings. The zero-order valence-electron chi connectivity index (χ0n) is 9.32. The minimum atomic E-state index is -3.27. The third kappa shape index (κ3) is 6.55. The van der Waals surface area contributed by atoms with E-state index >= 15 is 0 Å². The fraction of sp³-hybridized carbons (Fsp3) is 1.00. The van der Waals surface area contributed by atoms with Crippen LogP contribution in [0.3, 0.4) is 0 Å². The molecule has 0 spiro atoms. The van der Waals surface area contributed by atoms with Crippen LogP contribution in [-0.2, 0) is 18.1 Å². The summed E-state index contributed by atoms with van der Waals surface area (Å²) in [5.41, 5.74) is 0. The van der Waals surface area contributed by atoms with Crippen molar-refractivity contribution < 1.29 is 18.1 Å². The van der Waals surface area contributed by atoms with Crippen LogP contribution in [0.5, 0.6) is 0 Å². The molecule has 1 unspecified atom stereocenters. The summed E-state index contributed by atoms with van der Waals surface area (Å²) in [5.74, 6) is 0. The predicted molar refractivity (Wildman–Crippen MR) is 56.3 cm³/mol. The molecule has 5 heteroatoms. The van der Waals surface area contributed by atoms with Crippen LogP contribution in [0.1, 0.15) is 40.0 Å². The Morgan fingerprint density at radius 1 is 0.929 bits per heavy atom. The number of phosphoric acid groups is 1. The van der Waals surface area contributed by atoms with Crippen LogP contribution in [0.25, 0.3) is 0 Å². The molecule has 0 radical (unpaired) electrons. The van der Waals surface area contributed by atoms with Gasteiger partial charge in [-0.25, -0.2) is 4.57 Å². The van der Waals surface area contributed by atoms with Crippen LogP contribution < -0.4 is 0 Å². The van der Waals surface area contributed by atoms with Gasteiger partial charge in [0.15, 0.2) is 0 Å². The Balaban J connectivity index is 3.89. The number of phosphoric ester groups is 1. The summed E-state index contributed by atoms with van der Waals surface area (Å²) in [7, 11) is -3.27. The third-order valence-electron chi connectivity index (χ3n) is 1.49. The highest BCUT2D eigenvalue weighted by Crippen LogP contribution is 2.49. The molecule has 0 N–H and O–H groups in total. The summed E-state index contributed by atoms with van der Waals surface area (Å²) in [5, 5.41) is 0. The van der Waals surface area contributed by atoms with E-state index in [1.54, 1.807) is 6.92 Å². The summed E-state index contributed by atoms with van der Waals surface area (Å²) in [4.78, 5) is 0. The Bertz CT molecular complexity index is 172. The molecule has 14 heavy (non-hydrogen) atoms. The molecular formula is C9H21O4P. The lowest BCUT2D eigenvalue weighted by molar-refractivity contribution is 0.116. The lowest BCUT2D eigenvalue weighted by Gasteiger charge is -2.16. The van der Waals surface area contributed by atoms with Crippen LogP contribution in [0.2, 0.25) is 0 Å². The van der Waals surface area contributed by atoms with E-state index < -0.39 is 7.82 Å². The molecule has 0 rings (SSSR count). The monoisotopic (exact) mass is 224 g/mol. The molecule has 4 nitrogen and oxygen atoms in total. The smallest absolute Gasteiger partial charge is 0.287 e. The van der Waals surface area contributed by atoms with Gasteiger partial charge in [0.2, 0.25) is 0 Å². The van der Waals surface area contributed by atoms with Gasteiger partial charge in [-0.05, 0) is 19.8 Å². The fourth-order valence-electron chi connectivity index (χ4n) is 0.794. The van der Waals surface area contributed by atoms with E-state index in [1.165, 1.54) is 0 Å². The van der Waals surface area contributed by atoms with Crippen LogP contribution in [0, 0.1) is 0 Å². The molecule has 0 saturated carbocycles. The van der Waals surface area contributed by atoms with E-state index in [9.17, 15) is 4.57 Å². The standard InChI is InChI=1S/C9H21O4P/c1-4-7-9-13-14(10,11-6-3)12-8-5-2/h4-9H2,1-3H3. The number of rotatable bonds is 9. The Labute approximate surface area is 86.5 Å². The molecule has 0 aromatic rings.